The third-order valence-electron chi connectivity index (χ3n) is 2.83. The summed E-state index contributed by atoms with van der Waals surface area (Å²) in [4.78, 5) is 0. The van der Waals surface area contributed by atoms with Gasteiger partial charge in [-0.25, -0.2) is 0 Å². The van der Waals surface area contributed by atoms with Crippen molar-refractivity contribution in [3.05, 3.63) is 40.3 Å². The van der Waals surface area contributed by atoms with Crippen molar-refractivity contribution >= 4 is 22.8 Å². The first kappa shape index (κ1) is 17.9. The van der Waals surface area contributed by atoms with Crippen LogP contribution in [0.1, 0.15) is 33.6 Å². The molecule has 1 aromatic rings. The van der Waals surface area contributed by atoms with E-state index in [4.69, 9.17) is 10.4 Å². The molecule has 3 N–H and O–H groups in total. The Kier molecular flexibility index (Phi) is 6.80. The highest BCUT2D eigenvalue weighted by Crippen LogP contribution is 2.29. The average Bonchev–Trinajstić information content (AvgIpc) is 2.44. The van der Waals surface area contributed by atoms with Crippen molar-refractivity contribution in [1.29, 1.82) is 0 Å². The predicted octanol–water partition coefficient (Wildman–Crippen LogP) is 3.61. The van der Waals surface area contributed by atoms with Crippen LogP contribution in [0.4, 0.5) is 17.1 Å². The summed E-state index contributed by atoms with van der Waals surface area (Å²) in [5.41, 5.74) is 4.57. The van der Waals surface area contributed by atoms with Gasteiger partial charge in [0.05, 0.1) is 5.69 Å². The molecule has 0 bridgehead atoms. The summed E-state index contributed by atoms with van der Waals surface area (Å²) in [6.45, 7) is 5.88. The molecule has 0 fully saturated rings. The van der Waals surface area contributed by atoms with E-state index >= 15 is 0 Å². The number of anilines is 3. The number of nitrogens with one attached hydrogen (secondary N) is 1. The second-order valence-corrected chi connectivity index (χ2v) is 5.03. The van der Waals surface area contributed by atoms with Gasteiger partial charge in [0.2, 0.25) is 0 Å². The fourth-order valence-electron chi connectivity index (χ4n) is 1.67. The third-order valence-corrected chi connectivity index (χ3v) is 2.83. The van der Waals surface area contributed by atoms with Crippen molar-refractivity contribution in [2.45, 2.75) is 33.6 Å². The first-order valence-corrected chi connectivity index (χ1v) is 6.70. The van der Waals surface area contributed by atoms with Gasteiger partial charge in [-0.05, 0) is 51.8 Å². The SMILES string of the molecule is CC(C)=CCCC(C)=NNc1ccc(N([O-])[O-])cc1N(O)O. The molecule has 0 atom stereocenters. The van der Waals surface area contributed by atoms with Gasteiger partial charge < -0.3 is 15.6 Å². The van der Waals surface area contributed by atoms with Crippen LogP contribution in [-0.2, 0) is 0 Å². The van der Waals surface area contributed by atoms with Gasteiger partial charge in [0, 0.05) is 11.4 Å². The molecule has 0 unspecified atom stereocenters. The van der Waals surface area contributed by atoms with Crippen LogP contribution in [0.5, 0.6) is 0 Å². The van der Waals surface area contributed by atoms with E-state index in [0.717, 1.165) is 24.6 Å². The molecule has 0 radical (unpaired) electrons. The van der Waals surface area contributed by atoms with Crippen molar-refractivity contribution < 1.29 is 10.4 Å². The summed E-state index contributed by atoms with van der Waals surface area (Å²) in [5, 5.41) is 43.0. The lowest BCUT2D eigenvalue weighted by atomic mass is 10.2. The summed E-state index contributed by atoms with van der Waals surface area (Å²) < 4.78 is 0. The normalized spacial score (nSPS) is 11.1. The van der Waals surface area contributed by atoms with Gasteiger partial charge in [-0.1, -0.05) is 11.6 Å². The molecular formula is C14H20N4O4-2. The van der Waals surface area contributed by atoms with Gasteiger partial charge in [0.1, 0.15) is 5.69 Å². The molecule has 0 amide bonds. The lowest BCUT2D eigenvalue weighted by molar-refractivity contribution is 0.0295. The molecule has 0 aliphatic heterocycles. The van der Waals surface area contributed by atoms with E-state index < -0.39 is 5.23 Å². The minimum absolute atomic E-state index is 0.157. The van der Waals surface area contributed by atoms with Crippen molar-refractivity contribution in [2.24, 2.45) is 5.10 Å². The summed E-state index contributed by atoms with van der Waals surface area (Å²) >= 11 is 0. The number of hydrogen-bond donors (Lipinski definition) is 3. The Morgan fingerprint density at radius 2 is 1.95 bits per heavy atom. The van der Waals surface area contributed by atoms with Crippen LogP contribution in [0.2, 0.25) is 0 Å². The lowest BCUT2D eigenvalue weighted by Crippen LogP contribution is -2.14. The van der Waals surface area contributed by atoms with Crippen LogP contribution in [0.3, 0.4) is 0 Å². The fourth-order valence-corrected chi connectivity index (χ4v) is 1.67. The maximum absolute atomic E-state index is 10.7. The summed E-state index contributed by atoms with van der Waals surface area (Å²) in [6.07, 6.45) is 3.71. The highest BCUT2D eigenvalue weighted by Gasteiger charge is 2.08. The number of rotatable bonds is 7. The van der Waals surface area contributed by atoms with Crippen molar-refractivity contribution in [1.82, 2.24) is 0 Å². The topological polar surface area (TPSA) is 117 Å². The maximum Gasteiger partial charge on any atom is 0.121 e. The van der Waals surface area contributed by atoms with Crippen molar-refractivity contribution in [3.8, 4) is 0 Å². The minimum atomic E-state index is -0.620. The van der Waals surface area contributed by atoms with Crippen LogP contribution < -0.4 is 15.9 Å². The Balaban J connectivity index is 2.82. The Bertz CT molecular complexity index is 552. The fraction of sp³-hybridized carbons (Fsp3) is 0.357. The summed E-state index contributed by atoms with van der Waals surface area (Å²) in [7, 11) is 0. The molecule has 0 saturated carbocycles. The molecule has 0 heterocycles. The zero-order valence-electron chi connectivity index (χ0n) is 12.8. The van der Waals surface area contributed by atoms with E-state index in [9.17, 15) is 10.4 Å². The van der Waals surface area contributed by atoms with Crippen LogP contribution >= 0.6 is 0 Å². The molecular weight excluding hydrogens is 288 g/mol. The Hall–Kier alpha value is -2.13. The Morgan fingerprint density at radius 1 is 1.27 bits per heavy atom. The van der Waals surface area contributed by atoms with E-state index in [0.29, 0.717) is 0 Å². The van der Waals surface area contributed by atoms with E-state index in [1.165, 1.54) is 17.7 Å². The van der Waals surface area contributed by atoms with Gasteiger partial charge in [-0.2, -0.15) is 5.10 Å². The zero-order valence-corrected chi connectivity index (χ0v) is 12.8. The molecule has 0 spiro atoms. The van der Waals surface area contributed by atoms with E-state index in [2.05, 4.69) is 16.6 Å². The number of hydrazone groups is 1. The number of benzene rings is 1. The minimum Gasteiger partial charge on any atom is -0.769 e. The smallest absolute Gasteiger partial charge is 0.121 e. The second kappa shape index (κ2) is 8.35. The molecule has 8 heteroatoms. The number of nitrogens with zero attached hydrogens (tertiary/aromatic N) is 3. The Morgan fingerprint density at radius 3 is 2.50 bits per heavy atom. The van der Waals surface area contributed by atoms with Gasteiger partial charge in [0.25, 0.3) is 0 Å². The molecule has 1 aromatic carbocycles. The highest BCUT2D eigenvalue weighted by atomic mass is 16.8. The average molecular weight is 308 g/mol. The van der Waals surface area contributed by atoms with E-state index in [1.54, 1.807) is 0 Å². The van der Waals surface area contributed by atoms with Gasteiger partial charge in [0.15, 0.2) is 0 Å². The van der Waals surface area contributed by atoms with Crippen LogP contribution in [0.15, 0.2) is 34.9 Å². The summed E-state index contributed by atoms with van der Waals surface area (Å²) in [6, 6.07) is 3.65. The number of hydrogen-bond acceptors (Lipinski definition) is 8. The van der Waals surface area contributed by atoms with E-state index in [1.807, 2.05) is 20.8 Å². The summed E-state index contributed by atoms with van der Waals surface area (Å²) in [5.74, 6) is 0. The Labute approximate surface area is 129 Å². The molecule has 22 heavy (non-hydrogen) atoms. The molecule has 0 aliphatic carbocycles. The first-order valence-electron chi connectivity index (χ1n) is 6.70. The standard InChI is InChI=1S/C14H20N4O4/c1-10(2)5-4-6-11(3)15-16-13-8-7-12(17(19)20)9-14(13)18(21)22/h5,7-9,16,21-22H,4,6H2,1-3H3/q-2. The second-order valence-electron chi connectivity index (χ2n) is 5.03. The zero-order chi connectivity index (χ0) is 16.7. The first-order chi connectivity index (χ1) is 10.3. The van der Waals surface area contributed by atoms with Gasteiger partial charge >= 0.3 is 0 Å². The monoisotopic (exact) mass is 308 g/mol. The van der Waals surface area contributed by atoms with E-state index in [-0.39, 0.29) is 22.3 Å². The molecule has 0 saturated heterocycles. The van der Waals surface area contributed by atoms with Gasteiger partial charge in [-0.3, -0.25) is 15.8 Å². The number of allylic oxidation sites excluding steroid dienone is 2. The molecule has 8 nitrogen and oxygen atoms in total. The van der Waals surface area contributed by atoms with Crippen LogP contribution in [-0.4, -0.2) is 16.1 Å². The van der Waals surface area contributed by atoms with Crippen molar-refractivity contribution in [2.75, 3.05) is 15.9 Å². The predicted molar refractivity (Wildman–Crippen MR) is 87.1 cm³/mol. The lowest BCUT2D eigenvalue weighted by Gasteiger charge is -2.37. The van der Waals surface area contributed by atoms with Crippen LogP contribution in [0.25, 0.3) is 0 Å². The molecule has 0 aliphatic rings. The third kappa shape index (κ3) is 5.70. The largest absolute Gasteiger partial charge is 0.769 e. The quantitative estimate of drug-likeness (QED) is 0.400. The van der Waals surface area contributed by atoms with Crippen LogP contribution in [0, 0.1) is 10.4 Å². The molecule has 0 aromatic heterocycles. The highest BCUT2D eigenvalue weighted by molar-refractivity contribution is 5.83. The van der Waals surface area contributed by atoms with Gasteiger partial charge in [-0.15, -0.1) is 5.23 Å². The molecule has 1 rings (SSSR count). The molecule has 122 valence electrons. The maximum atomic E-state index is 10.7. The van der Waals surface area contributed by atoms with Crippen molar-refractivity contribution in [3.63, 3.8) is 0 Å².